The number of benzene rings is 2. The molecule has 0 radical (unpaired) electrons. The SMILES string of the molecule is CCc1nc2c(C)cc(C)nc2n1Cc1ccc(-c2cc(N3CCC(C)CC3)ccc2-c2nn[nH]n2)cc1. The maximum Gasteiger partial charge on any atom is 0.205 e. The molecule has 0 spiro atoms. The van der Waals surface area contributed by atoms with Crippen LogP contribution in [0.15, 0.2) is 48.5 Å². The Morgan fingerprint density at radius 2 is 1.74 bits per heavy atom. The number of piperidine rings is 1. The highest BCUT2D eigenvalue weighted by molar-refractivity contribution is 5.83. The van der Waals surface area contributed by atoms with Crippen LogP contribution < -0.4 is 4.90 Å². The van der Waals surface area contributed by atoms with E-state index in [1.807, 2.05) is 6.92 Å². The van der Waals surface area contributed by atoms with Gasteiger partial charge in [0.15, 0.2) is 5.65 Å². The van der Waals surface area contributed by atoms with Gasteiger partial charge in [-0.05, 0) is 84.3 Å². The zero-order valence-corrected chi connectivity index (χ0v) is 22.6. The van der Waals surface area contributed by atoms with Crippen LogP contribution in [0.2, 0.25) is 0 Å². The van der Waals surface area contributed by atoms with Crippen LogP contribution in [0.3, 0.4) is 0 Å². The second kappa shape index (κ2) is 10.0. The van der Waals surface area contributed by atoms with E-state index in [0.717, 1.165) is 71.3 Å². The first-order valence-corrected chi connectivity index (χ1v) is 13.6. The summed E-state index contributed by atoms with van der Waals surface area (Å²) in [5.41, 5.74) is 9.85. The highest BCUT2D eigenvalue weighted by Crippen LogP contribution is 2.35. The molecule has 6 rings (SSSR count). The number of fused-ring (bicyclic) bond motifs is 1. The molecule has 8 heteroatoms. The summed E-state index contributed by atoms with van der Waals surface area (Å²) in [6, 6.07) is 17.5. The molecule has 8 nitrogen and oxygen atoms in total. The van der Waals surface area contributed by atoms with Crippen molar-refractivity contribution < 1.29 is 0 Å². The fourth-order valence-electron chi connectivity index (χ4n) is 5.56. The lowest BCUT2D eigenvalue weighted by atomic mass is 9.95. The van der Waals surface area contributed by atoms with Gasteiger partial charge in [-0.3, -0.25) is 0 Å². The van der Waals surface area contributed by atoms with Gasteiger partial charge in [0, 0.05) is 36.5 Å². The molecule has 2 aromatic carbocycles. The van der Waals surface area contributed by atoms with E-state index in [9.17, 15) is 0 Å². The Balaban J connectivity index is 1.35. The predicted molar refractivity (Wildman–Crippen MR) is 151 cm³/mol. The quantitative estimate of drug-likeness (QED) is 0.316. The first-order chi connectivity index (χ1) is 18.5. The second-order valence-electron chi connectivity index (χ2n) is 10.6. The molecular weight excluding hydrogens is 472 g/mol. The molecule has 1 N–H and O–H groups in total. The van der Waals surface area contributed by atoms with E-state index >= 15 is 0 Å². The van der Waals surface area contributed by atoms with E-state index in [1.54, 1.807) is 0 Å². The third-order valence-corrected chi connectivity index (χ3v) is 7.76. The molecule has 1 fully saturated rings. The molecule has 0 bridgehead atoms. The van der Waals surface area contributed by atoms with Crippen molar-refractivity contribution in [2.45, 2.75) is 53.5 Å². The largest absolute Gasteiger partial charge is 0.371 e. The molecule has 38 heavy (non-hydrogen) atoms. The molecule has 1 aliphatic heterocycles. The Bertz CT molecular complexity index is 1560. The van der Waals surface area contributed by atoms with Crippen LogP contribution in [0.1, 0.15) is 49.3 Å². The minimum absolute atomic E-state index is 0.608. The monoisotopic (exact) mass is 506 g/mol. The van der Waals surface area contributed by atoms with Crippen molar-refractivity contribution in [1.29, 1.82) is 0 Å². The molecule has 1 aliphatic rings. The molecule has 3 aromatic heterocycles. The van der Waals surface area contributed by atoms with E-state index in [2.05, 4.69) is 99.4 Å². The van der Waals surface area contributed by atoms with Gasteiger partial charge in [0.1, 0.15) is 11.3 Å². The van der Waals surface area contributed by atoms with Gasteiger partial charge in [-0.1, -0.05) is 38.1 Å². The maximum absolute atomic E-state index is 4.90. The van der Waals surface area contributed by atoms with Crippen molar-refractivity contribution in [3.8, 4) is 22.5 Å². The van der Waals surface area contributed by atoms with Crippen LogP contribution in [0.25, 0.3) is 33.7 Å². The standard InChI is InChI=1S/C30H34N8/c1-5-27-32-28-20(3)16-21(4)31-30(28)38(27)18-22-6-8-23(9-7-22)26-17-24(37-14-12-19(2)13-15-37)10-11-25(26)29-33-35-36-34-29/h6-11,16-17,19H,5,12-15,18H2,1-4H3,(H,33,34,35,36). The minimum Gasteiger partial charge on any atom is -0.371 e. The van der Waals surface area contributed by atoms with Crippen molar-refractivity contribution in [2.75, 3.05) is 18.0 Å². The number of anilines is 1. The Labute approximate surface area is 223 Å². The van der Waals surface area contributed by atoms with Crippen molar-refractivity contribution >= 4 is 16.9 Å². The summed E-state index contributed by atoms with van der Waals surface area (Å²) in [4.78, 5) is 12.2. The molecule has 0 aliphatic carbocycles. The number of aromatic nitrogens is 7. The smallest absolute Gasteiger partial charge is 0.205 e. The summed E-state index contributed by atoms with van der Waals surface area (Å²) in [5.74, 6) is 2.46. The summed E-state index contributed by atoms with van der Waals surface area (Å²) in [6.45, 7) is 11.6. The van der Waals surface area contributed by atoms with Gasteiger partial charge < -0.3 is 9.47 Å². The van der Waals surface area contributed by atoms with Gasteiger partial charge in [0.25, 0.3) is 0 Å². The lowest BCUT2D eigenvalue weighted by Gasteiger charge is -2.32. The molecule has 0 saturated carbocycles. The summed E-state index contributed by atoms with van der Waals surface area (Å²) >= 11 is 0. The summed E-state index contributed by atoms with van der Waals surface area (Å²) < 4.78 is 2.26. The predicted octanol–water partition coefficient (Wildman–Crippen LogP) is 5.74. The number of nitrogens with one attached hydrogen (secondary N) is 1. The van der Waals surface area contributed by atoms with Crippen LogP contribution in [0, 0.1) is 19.8 Å². The number of H-pyrrole nitrogens is 1. The average Bonchev–Trinajstić information content (AvgIpc) is 3.58. The molecule has 0 amide bonds. The number of pyridine rings is 1. The molecule has 4 heterocycles. The van der Waals surface area contributed by atoms with Crippen LogP contribution in [-0.4, -0.2) is 48.2 Å². The van der Waals surface area contributed by atoms with E-state index in [-0.39, 0.29) is 0 Å². The van der Waals surface area contributed by atoms with Gasteiger partial charge in [-0.15, -0.1) is 10.2 Å². The number of imidazole rings is 1. The number of tetrazole rings is 1. The molecular formula is C30H34N8. The van der Waals surface area contributed by atoms with Gasteiger partial charge in [0.2, 0.25) is 5.82 Å². The van der Waals surface area contributed by atoms with Crippen LogP contribution in [0.4, 0.5) is 5.69 Å². The van der Waals surface area contributed by atoms with E-state index in [0.29, 0.717) is 5.82 Å². The zero-order chi connectivity index (χ0) is 26.2. The fraction of sp³-hybridized carbons (Fsp3) is 0.367. The van der Waals surface area contributed by atoms with Crippen molar-refractivity contribution in [1.82, 2.24) is 35.2 Å². The minimum atomic E-state index is 0.608. The van der Waals surface area contributed by atoms with Crippen LogP contribution >= 0.6 is 0 Å². The van der Waals surface area contributed by atoms with Gasteiger partial charge in [-0.25, -0.2) is 9.97 Å². The zero-order valence-electron chi connectivity index (χ0n) is 22.6. The molecule has 194 valence electrons. The lowest BCUT2D eigenvalue weighted by molar-refractivity contribution is 0.438. The maximum atomic E-state index is 4.90. The number of aromatic amines is 1. The topological polar surface area (TPSA) is 88.4 Å². The van der Waals surface area contributed by atoms with E-state index in [4.69, 9.17) is 9.97 Å². The van der Waals surface area contributed by atoms with Crippen molar-refractivity contribution in [3.05, 3.63) is 71.2 Å². The molecule has 5 aromatic rings. The molecule has 0 atom stereocenters. The third kappa shape index (κ3) is 4.55. The van der Waals surface area contributed by atoms with E-state index in [1.165, 1.54) is 29.7 Å². The van der Waals surface area contributed by atoms with Crippen LogP contribution in [0.5, 0.6) is 0 Å². The molecule has 1 saturated heterocycles. The Morgan fingerprint density at radius 1 is 0.947 bits per heavy atom. The highest BCUT2D eigenvalue weighted by Gasteiger charge is 2.19. The number of hydrogen-bond acceptors (Lipinski definition) is 6. The Kier molecular flexibility index (Phi) is 6.39. The number of hydrogen-bond donors (Lipinski definition) is 1. The third-order valence-electron chi connectivity index (χ3n) is 7.76. The second-order valence-corrected chi connectivity index (χ2v) is 10.6. The number of nitrogens with zero attached hydrogens (tertiary/aromatic N) is 7. The van der Waals surface area contributed by atoms with Gasteiger partial charge in [0.05, 0.1) is 6.54 Å². The van der Waals surface area contributed by atoms with Crippen LogP contribution in [-0.2, 0) is 13.0 Å². The Morgan fingerprint density at radius 3 is 2.45 bits per heavy atom. The normalized spacial score (nSPS) is 14.5. The Hall–Kier alpha value is -4.07. The summed E-state index contributed by atoms with van der Waals surface area (Å²) in [7, 11) is 0. The highest BCUT2D eigenvalue weighted by atomic mass is 15.5. The lowest BCUT2D eigenvalue weighted by Crippen LogP contribution is -2.32. The summed E-state index contributed by atoms with van der Waals surface area (Å²) in [5, 5.41) is 15.0. The van der Waals surface area contributed by atoms with Gasteiger partial charge in [-0.2, -0.15) is 5.21 Å². The average molecular weight is 507 g/mol. The van der Waals surface area contributed by atoms with E-state index < -0.39 is 0 Å². The number of rotatable bonds is 6. The van der Waals surface area contributed by atoms with Crippen molar-refractivity contribution in [3.63, 3.8) is 0 Å². The molecule has 0 unspecified atom stereocenters. The fourth-order valence-corrected chi connectivity index (χ4v) is 5.56. The first-order valence-electron chi connectivity index (χ1n) is 13.6. The van der Waals surface area contributed by atoms with Gasteiger partial charge >= 0.3 is 0 Å². The first kappa shape index (κ1) is 24.3. The number of aryl methyl sites for hydroxylation is 3. The summed E-state index contributed by atoms with van der Waals surface area (Å²) in [6.07, 6.45) is 3.32. The van der Waals surface area contributed by atoms with Crippen molar-refractivity contribution in [2.24, 2.45) is 5.92 Å².